The average molecular weight is 484 g/mol. The first-order chi connectivity index (χ1) is 16.8. The lowest BCUT2D eigenvalue weighted by molar-refractivity contribution is -0.144. The Morgan fingerprint density at radius 2 is 1.63 bits per heavy atom. The molecule has 4 amide bonds. The van der Waals surface area contributed by atoms with Crippen LogP contribution in [0.4, 0.5) is 4.39 Å². The fourth-order valence-electron chi connectivity index (χ4n) is 5.38. The molecule has 0 bridgehead atoms. The van der Waals surface area contributed by atoms with Crippen molar-refractivity contribution in [2.45, 2.75) is 76.9 Å². The van der Waals surface area contributed by atoms with Crippen LogP contribution in [-0.4, -0.2) is 52.1 Å². The molecule has 2 aliphatic carbocycles. The van der Waals surface area contributed by atoms with Crippen molar-refractivity contribution < 1.29 is 23.6 Å². The summed E-state index contributed by atoms with van der Waals surface area (Å²) in [5, 5.41) is 3.08. The van der Waals surface area contributed by atoms with Crippen molar-refractivity contribution in [2.24, 2.45) is 11.8 Å². The van der Waals surface area contributed by atoms with Crippen molar-refractivity contribution >= 4 is 23.6 Å². The van der Waals surface area contributed by atoms with Crippen molar-refractivity contribution in [3.63, 3.8) is 0 Å². The maximum absolute atomic E-state index is 13.4. The molecule has 7 nitrogen and oxygen atoms in total. The highest BCUT2D eigenvalue weighted by Gasteiger charge is 2.47. The molecular formula is C27H34FN3O4. The maximum Gasteiger partial charge on any atom is 0.242 e. The van der Waals surface area contributed by atoms with Crippen molar-refractivity contribution in [1.29, 1.82) is 0 Å². The van der Waals surface area contributed by atoms with Gasteiger partial charge in [-0.1, -0.05) is 43.5 Å². The van der Waals surface area contributed by atoms with E-state index in [1.165, 1.54) is 28.4 Å². The SMILES string of the molecule is C[C@@H](C(=O)NC1CCCCC1)N(Cc1ccc(F)cc1)C(=O)CCN1C(=O)[C@H]2CC=CC[C@H]2C1=O. The number of carbonyl (C=O) groups excluding carboxylic acids is 4. The lowest BCUT2D eigenvalue weighted by Crippen LogP contribution is -2.51. The molecule has 0 unspecified atom stereocenters. The van der Waals surface area contributed by atoms with Gasteiger partial charge >= 0.3 is 0 Å². The van der Waals surface area contributed by atoms with Crippen LogP contribution in [0.2, 0.25) is 0 Å². The van der Waals surface area contributed by atoms with Gasteiger partial charge < -0.3 is 10.2 Å². The Bertz CT molecular complexity index is 961. The van der Waals surface area contributed by atoms with Crippen LogP contribution in [0.1, 0.15) is 63.9 Å². The van der Waals surface area contributed by atoms with Crippen molar-refractivity contribution in [3.05, 3.63) is 47.8 Å². The highest BCUT2D eigenvalue weighted by Crippen LogP contribution is 2.35. The number of hydrogen-bond acceptors (Lipinski definition) is 4. The average Bonchev–Trinajstić information content (AvgIpc) is 3.11. The summed E-state index contributed by atoms with van der Waals surface area (Å²) in [4.78, 5) is 54.6. The Labute approximate surface area is 205 Å². The second kappa shape index (κ2) is 11.1. The number of allylic oxidation sites excluding steroid dienone is 2. The molecule has 0 aromatic heterocycles. The molecule has 35 heavy (non-hydrogen) atoms. The maximum atomic E-state index is 13.4. The Morgan fingerprint density at radius 3 is 2.23 bits per heavy atom. The summed E-state index contributed by atoms with van der Waals surface area (Å²) in [6.07, 6.45) is 10.1. The number of nitrogens with zero attached hydrogens (tertiary/aromatic N) is 2. The summed E-state index contributed by atoms with van der Waals surface area (Å²) in [7, 11) is 0. The summed E-state index contributed by atoms with van der Waals surface area (Å²) in [6.45, 7) is 1.82. The van der Waals surface area contributed by atoms with Crippen LogP contribution in [0.15, 0.2) is 36.4 Å². The molecule has 3 aliphatic rings. The van der Waals surface area contributed by atoms with Gasteiger partial charge in [-0.25, -0.2) is 4.39 Å². The number of benzene rings is 1. The van der Waals surface area contributed by atoms with Gasteiger partial charge in [0.2, 0.25) is 23.6 Å². The zero-order valence-corrected chi connectivity index (χ0v) is 20.2. The van der Waals surface area contributed by atoms with Gasteiger partial charge in [0.25, 0.3) is 0 Å². The molecule has 1 aromatic carbocycles. The molecule has 0 radical (unpaired) electrons. The Hall–Kier alpha value is -3.03. The Morgan fingerprint density at radius 1 is 1.03 bits per heavy atom. The van der Waals surface area contributed by atoms with Gasteiger partial charge in [-0.05, 0) is 50.3 Å². The normalized spacial score (nSPS) is 23.2. The van der Waals surface area contributed by atoms with Crippen LogP contribution in [0, 0.1) is 17.7 Å². The topological polar surface area (TPSA) is 86.8 Å². The number of amides is 4. The first-order valence-corrected chi connectivity index (χ1v) is 12.7. The van der Waals surface area contributed by atoms with E-state index in [-0.39, 0.29) is 66.8 Å². The van der Waals surface area contributed by atoms with E-state index in [2.05, 4.69) is 5.32 Å². The highest BCUT2D eigenvalue weighted by molar-refractivity contribution is 6.05. The number of nitrogens with one attached hydrogen (secondary N) is 1. The lowest BCUT2D eigenvalue weighted by Gasteiger charge is -2.31. The van der Waals surface area contributed by atoms with Gasteiger partial charge in [-0.2, -0.15) is 0 Å². The van der Waals surface area contributed by atoms with Crippen LogP contribution < -0.4 is 5.32 Å². The van der Waals surface area contributed by atoms with Gasteiger partial charge in [0, 0.05) is 25.6 Å². The number of carbonyl (C=O) groups is 4. The zero-order valence-electron chi connectivity index (χ0n) is 20.2. The minimum atomic E-state index is -0.744. The highest BCUT2D eigenvalue weighted by atomic mass is 19.1. The Balaban J connectivity index is 1.44. The van der Waals surface area contributed by atoms with E-state index in [1.54, 1.807) is 19.1 Å². The number of likely N-dealkylation sites (tertiary alicyclic amines) is 1. The van der Waals surface area contributed by atoms with E-state index in [9.17, 15) is 23.6 Å². The molecule has 1 aromatic rings. The van der Waals surface area contributed by atoms with Gasteiger partial charge in [0.05, 0.1) is 11.8 Å². The monoisotopic (exact) mass is 483 g/mol. The molecule has 1 saturated carbocycles. The molecule has 0 spiro atoms. The van der Waals surface area contributed by atoms with Crippen molar-refractivity contribution in [3.8, 4) is 0 Å². The molecule has 1 saturated heterocycles. The van der Waals surface area contributed by atoms with Gasteiger partial charge in [0.15, 0.2) is 0 Å². The molecule has 1 aliphatic heterocycles. The minimum Gasteiger partial charge on any atom is -0.352 e. The van der Waals surface area contributed by atoms with E-state index in [1.807, 2.05) is 12.2 Å². The van der Waals surface area contributed by atoms with Crippen molar-refractivity contribution in [1.82, 2.24) is 15.1 Å². The van der Waals surface area contributed by atoms with Crippen LogP contribution in [0.5, 0.6) is 0 Å². The second-order valence-corrected chi connectivity index (χ2v) is 9.90. The third kappa shape index (κ3) is 5.80. The molecule has 8 heteroatoms. The fourth-order valence-corrected chi connectivity index (χ4v) is 5.38. The predicted molar refractivity (Wildman–Crippen MR) is 128 cm³/mol. The van der Waals surface area contributed by atoms with E-state index >= 15 is 0 Å². The van der Waals surface area contributed by atoms with E-state index in [0.29, 0.717) is 18.4 Å². The smallest absolute Gasteiger partial charge is 0.242 e. The van der Waals surface area contributed by atoms with Crippen LogP contribution in [0.25, 0.3) is 0 Å². The van der Waals surface area contributed by atoms with Crippen LogP contribution in [-0.2, 0) is 25.7 Å². The molecule has 4 rings (SSSR count). The van der Waals surface area contributed by atoms with E-state index in [4.69, 9.17) is 0 Å². The Kier molecular flexibility index (Phi) is 7.98. The third-order valence-electron chi connectivity index (χ3n) is 7.53. The number of rotatable bonds is 8. The number of imide groups is 1. The number of halogens is 1. The van der Waals surface area contributed by atoms with Crippen LogP contribution in [0.3, 0.4) is 0 Å². The van der Waals surface area contributed by atoms with Crippen LogP contribution >= 0.6 is 0 Å². The van der Waals surface area contributed by atoms with Gasteiger partial charge in [-0.3, -0.25) is 24.1 Å². The molecule has 188 valence electrons. The third-order valence-corrected chi connectivity index (χ3v) is 7.53. The summed E-state index contributed by atoms with van der Waals surface area (Å²) in [5.41, 5.74) is 0.697. The molecule has 1 N–H and O–H groups in total. The number of fused-ring (bicyclic) bond motifs is 1. The van der Waals surface area contributed by atoms with E-state index < -0.39 is 6.04 Å². The molecule has 3 atom stereocenters. The summed E-state index contributed by atoms with van der Waals surface area (Å²) < 4.78 is 13.4. The lowest BCUT2D eigenvalue weighted by atomic mass is 9.85. The summed E-state index contributed by atoms with van der Waals surface area (Å²) in [5.74, 6) is -2.03. The minimum absolute atomic E-state index is 0.000379. The van der Waals surface area contributed by atoms with Crippen molar-refractivity contribution in [2.75, 3.05) is 6.54 Å². The quantitative estimate of drug-likeness (QED) is 0.454. The summed E-state index contributed by atoms with van der Waals surface area (Å²) >= 11 is 0. The largest absolute Gasteiger partial charge is 0.352 e. The molecule has 2 fully saturated rings. The standard InChI is InChI=1S/C27H34FN3O4/c1-18(25(33)29-21-7-3-2-4-8-21)31(17-19-11-13-20(28)14-12-19)24(32)15-16-30-26(34)22-9-5-6-10-23(22)27(30)35/h5-6,11-14,18,21-23H,2-4,7-10,15-17H2,1H3,(H,29,33)/t18-,22-,23+/m0/s1. The second-order valence-electron chi connectivity index (χ2n) is 9.90. The molecule has 1 heterocycles. The summed E-state index contributed by atoms with van der Waals surface area (Å²) in [6, 6.07) is 5.19. The first-order valence-electron chi connectivity index (χ1n) is 12.7. The number of hydrogen-bond donors (Lipinski definition) is 1. The fraction of sp³-hybridized carbons (Fsp3) is 0.556. The zero-order chi connectivity index (χ0) is 24.9. The van der Waals surface area contributed by atoms with Gasteiger partial charge in [0.1, 0.15) is 11.9 Å². The van der Waals surface area contributed by atoms with Gasteiger partial charge in [-0.15, -0.1) is 0 Å². The predicted octanol–water partition coefficient (Wildman–Crippen LogP) is 3.33. The molecular weight excluding hydrogens is 449 g/mol. The first kappa shape index (κ1) is 25.1. The van der Waals surface area contributed by atoms with E-state index in [0.717, 1.165) is 25.7 Å².